The van der Waals surface area contributed by atoms with Crippen molar-refractivity contribution in [2.75, 3.05) is 13.1 Å². The van der Waals surface area contributed by atoms with E-state index in [1.807, 2.05) is 34.1 Å². The van der Waals surface area contributed by atoms with Gasteiger partial charge < -0.3 is 9.80 Å². The first kappa shape index (κ1) is 23.0. The van der Waals surface area contributed by atoms with Crippen molar-refractivity contribution in [1.82, 2.24) is 29.6 Å². The fourth-order valence-corrected chi connectivity index (χ4v) is 6.00. The van der Waals surface area contributed by atoms with Crippen molar-refractivity contribution in [3.05, 3.63) is 35.7 Å². The molecule has 8 nitrogen and oxygen atoms in total. The van der Waals surface area contributed by atoms with Crippen molar-refractivity contribution in [2.24, 2.45) is 0 Å². The van der Waals surface area contributed by atoms with E-state index in [9.17, 15) is 9.59 Å². The first-order valence-electron chi connectivity index (χ1n) is 12.4. The molecule has 9 heteroatoms. The second kappa shape index (κ2) is 9.82. The fraction of sp³-hybridized carbons (Fsp3) is 0.560. The van der Waals surface area contributed by atoms with Crippen LogP contribution in [0.15, 0.2) is 24.3 Å². The van der Waals surface area contributed by atoms with Crippen molar-refractivity contribution < 1.29 is 9.59 Å². The average molecular weight is 481 g/mol. The molecule has 34 heavy (non-hydrogen) atoms. The Bertz CT molecular complexity index is 1190. The largest absolute Gasteiger partial charge is 0.340 e. The summed E-state index contributed by atoms with van der Waals surface area (Å²) in [5, 5.41) is 14.0. The van der Waals surface area contributed by atoms with Gasteiger partial charge in [0.15, 0.2) is 5.82 Å². The molecule has 4 heterocycles. The van der Waals surface area contributed by atoms with Crippen LogP contribution in [0.25, 0.3) is 15.5 Å². The molecule has 180 valence electrons. The maximum absolute atomic E-state index is 12.9. The number of carbonyl (C=O) groups excluding carboxylic acids is 2. The minimum absolute atomic E-state index is 0.0866. The summed E-state index contributed by atoms with van der Waals surface area (Å²) in [6.07, 6.45) is 7.26. The average Bonchev–Trinajstić information content (AvgIpc) is 3.42. The molecule has 2 amide bonds. The normalized spacial score (nSPS) is 21.2. The summed E-state index contributed by atoms with van der Waals surface area (Å²) in [5.41, 5.74) is 1.94. The highest BCUT2D eigenvalue weighted by atomic mass is 32.1. The molecule has 2 aromatic heterocycles. The van der Waals surface area contributed by atoms with Gasteiger partial charge in [-0.05, 0) is 64.0 Å². The quantitative estimate of drug-likeness (QED) is 0.556. The van der Waals surface area contributed by atoms with Crippen molar-refractivity contribution in [2.45, 2.75) is 77.3 Å². The molecule has 5 rings (SSSR count). The SMILES string of the molecule is C[C@@H]1CCCCN1C(=O)Cc1nnc2sc(-c3cccc(CC(=O)N4CCCC[C@@H]4C)c3)nn12. The number of amides is 2. The highest BCUT2D eigenvalue weighted by molar-refractivity contribution is 7.19. The number of fused-ring (bicyclic) bond motifs is 1. The maximum atomic E-state index is 12.9. The van der Waals surface area contributed by atoms with Gasteiger partial charge in [0.2, 0.25) is 16.8 Å². The van der Waals surface area contributed by atoms with Crippen LogP contribution >= 0.6 is 11.3 Å². The standard InChI is InChI=1S/C25H32N6O2S/c1-17-8-3-5-12-29(17)22(32)15-19-10-7-11-20(14-19)24-28-31-21(26-27-25(31)34-24)16-23(33)30-13-6-4-9-18(30)2/h7,10-11,14,17-18H,3-6,8-9,12-13,15-16H2,1-2H3/t17-,18+/m0/s1. The Hall–Kier alpha value is -2.81. The number of aromatic nitrogens is 4. The van der Waals surface area contributed by atoms with Crippen LogP contribution < -0.4 is 0 Å². The molecule has 0 bridgehead atoms. The van der Waals surface area contributed by atoms with Crippen LogP contribution in [-0.2, 0) is 22.4 Å². The lowest BCUT2D eigenvalue weighted by Crippen LogP contribution is -2.43. The molecule has 2 fully saturated rings. The molecule has 2 aliphatic heterocycles. The Morgan fingerprint density at radius 3 is 2.29 bits per heavy atom. The summed E-state index contributed by atoms with van der Waals surface area (Å²) >= 11 is 1.45. The molecule has 3 aromatic rings. The van der Waals surface area contributed by atoms with Crippen LogP contribution in [0, 0.1) is 0 Å². The third-order valence-electron chi connectivity index (χ3n) is 7.14. The molecule has 0 unspecified atom stereocenters. The van der Waals surface area contributed by atoms with Crippen LogP contribution in [0.3, 0.4) is 0 Å². The Kier molecular flexibility index (Phi) is 6.63. The van der Waals surface area contributed by atoms with Crippen LogP contribution in [0.5, 0.6) is 0 Å². The number of nitrogens with zero attached hydrogens (tertiary/aromatic N) is 6. The number of hydrogen-bond donors (Lipinski definition) is 0. The van der Waals surface area contributed by atoms with Gasteiger partial charge in [0.25, 0.3) is 0 Å². The number of likely N-dealkylation sites (tertiary alicyclic amines) is 2. The van der Waals surface area contributed by atoms with Crippen molar-refractivity contribution in [1.29, 1.82) is 0 Å². The summed E-state index contributed by atoms with van der Waals surface area (Å²) < 4.78 is 1.69. The number of benzene rings is 1. The second-order valence-electron chi connectivity index (χ2n) is 9.64. The first-order valence-corrected chi connectivity index (χ1v) is 13.2. The van der Waals surface area contributed by atoms with Crippen LogP contribution in [0.2, 0.25) is 0 Å². The Morgan fingerprint density at radius 2 is 1.62 bits per heavy atom. The van der Waals surface area contributed by atoms with Gasteiger partial charge >= 0.3 is 0 Å². The van der Waals surface area contributed by atoms with Crippen molar-refractivity contribution >= 4 is 28.1 Å². The lowest BCUT2D eigenvalue weighted by molar-refractivity contribution is -0.134. The fourth-order valence-electron chi connectivity index (χ4n) is 5.15. The van der Waals surface area contributed by atoms with Gasteiger partial charge in [-0.3, -0.25) is 9.59 Å². The molecule has 0 N–H and O–H groups in total. The predicted molar refractivity (Wildman–Crippen MR) is 132 cm³/mol. The van der Waals surface area contributed by atoms with E-state index in [-0.39, 0.29) is 24.3 Å². The number of piperidine rings is 2. The summed E-state index contributed by atoms with van der Waals surface area (Å²) in [7, 11) is 0. The Labute approximate surface area is 204 Å². The van der Waals surface area contributed by atoms with E-state index in [0.717, 1.165) is 54.9 Å². The van der Waals surface area contributed by atoms with Crippen LogP contribution in [0.4, 0.5) is 0 Å². The van der Waals surface area contributed by atoms with Crippen LogP contribution in [-0.4, -0.2) is 66.6 Å². The lowest BCUT2D eigenvalue weighted by Gasteiger charge is -2.33. The second-order valence-corrected chi connectivity index (χ2v) is 10.6. The lowest BCUT2D eigenvalue weighted by atomic mass is 10.0. The van der Waals surface area contributed by atoms with E-state index in [4.69, 9.17) is 5.10 Å². The van der Waals surface area contributed by atoms with Gasteiger partial charge in [0, 0.05) is 30.7 Å². The van der Waals surface area contributed by atoms with Crippen molar-refractivity contribution in [3.63, 3.8) is 0 Å². The van der Waals surface area contributed by atoms with E-state index in [2.05, 4.69) is 24.0 Å². The van der Waals surface area contributed by atoms with E-state index in [1.165, 1.54) is 24.2 Å². The third kappa shape index (κ3) is 4.71. The predicted octanol–water partition coefficient (Wildman–Crippen LogP) is 3.74. The van der Waals surface area contributed by atoms with Gasteiger partial charge in [-0.1, -0.05) is 29.5 Å². The van der Waals surface area contributed by atoms with E-state index in [0.29, 0.717) is 23.2 Å². The van der Waals surface area contributed by atoms with Gasteiger partial charge in [0.05, 0.1) is 12.8 Å². The van der Waals surface area contributed by atoms with E-state index < -0.39 is 0 Å². The van der Waals surface area contributed by atoms with Gasteiger partial charge in [-0.15, -0.1) is 10.2 Å². The summed E-state index contributed by atoms with van der Waals surface area (Å²) in [4.78, 5) is 30.4. The third-order valence-corrected chi connectivity index (χ3v) is 8.09. The summed E-state index contributed by atoms with van der Waals surface area (Å²) in [6, 6.07) is 8.61. The maximum Gasteiger partial charge on any atom is 0.234 e. The van der Waals surface area contributed by atoms with Gasteiger partial charge in [-0.25, -0.2) is 0 Å². The van der Waals surface area contributed by atoms with Gasteiger partial charge in [-0.2, -0.15) is 9.61 Å². The number of hydrogen-bond acceptors (Lipinski definition) is 6. The minimum Gasteiger partial charge on any atom is -0.340 e. The minimum atomic E-state index is 0.0866. The molecular formula is C25H32N6O2S. The summed E-state index contributed by atoms with van der Waals surface area (Å²) in [5.74, 6) is 0.851. The molecule has 2 atom stereocenters. The molecule has 1 aromatic carbocycles. The van der Waals surface area contributed by atoms with Gasteiger partial charge in [0.1, 0.15) is 5.01 Å². The molecular weight excluding hydrogens is 448 g/mol. The molecule has 0 radical (unpaired) electrons. The summed E-state index contributed by atoms with van der Waals surface area (Å²) in [6.45, 7) is 5.92. The van der Waals surface area contributed by atoms with Crippen molar-refractivity contribution in [3.8, 4) is 10.6 Å². The Balaban J connectivity index is 1.31. The molecule has 2 aliphatic rings. The molecule has 0 aliphatic carbocycles. The van der Waals surface area contributed by atoms with Crippen LogP contribution in [0.1, 0.15) is 63.8 Å². The molecule has 0 saturated carbocycles. The molecule has 0 spiro atoms. The zero-order chi connectivity index (χ0) is 23.7. The monoisotopic (exact) mass is 480 g/mol. The topological polar surface area (TPSA) is 83.7 Å². The van der Waals surface area contributed by atoms with E-state index in [1.54, 1.807) is 4.52 Å². The molecule has 2 saturated heterocycles. The zero-order valence-corrected chi connectivity index (χ0v) is 20.8. The smallest absolute Gasteiger partial charge is 0.234 e. The first-order chi connectivity index (χ1) is 16.5. The Morgan fingerprint density at radius 1 is 0.941 bits per heavy atom. The van der Waals surface area contributed by atoms with E-state index >= 15 is 0 Å². The highest BCUT2D eigenvalue weighted by Crippen LogP contribution is 2.27. The zero-order valence-electron chi connectivity index (χ0n) is 19.9. The number of carbonyl (C=O) groups is 2. The highest BCUT2D eigenvalue weighted by Gasteiger charge is 2.26. The number of rotatable bonds is 5.